The lowest BCUT2D eigenvalue weighted by Gasteiger charge is -2.41. The van der Waals surface area contributed by atoms with Crippen LogP contribution in [0.5, 0.6) is 0 Å². The van der Waals surface area contributed by atoms with Gasteiger partial charge in [-0.3, -0.25) is 18.2 Å². The maximum Gasteiger partial charge on any atom is 0.397 e. The van der Waals surface area contributed by atoms with Gasteiger partial charge < -0.3 is 9.84 Å². The van der Waals surface area contributed by atoms with E-state index in [2.05, 4.69) is 21.5 Å². The van der Waals surface area contributed by atoms with Crippen molar-refractivity contribution >= 4 is 41.6 Å². The van der Waals surface area contributed by atoms with E-state index in [0.717, 1.165) is 0 Å². The molecule has 0 aromatic heterocycles. The van der Waals surface area contributed by atoms with Gasteiger partial charge in [-0.15, -0.1) is 0 Å². The van der Waals surface area contributed by atoms with Crippen LogP contribution >= 0.6 is 0 Å². The second-order valence-corrected chi connectivity index (χ2v) is 8.98. The fraction of sp³-hybridized carbons (Fsp3) is 1.00. The van der Waals surface area contributed by atoms with Crippen LogP contribution in [0.3, 0.4) is 0 Å². The molecular formula is C6H12O18S4. The summed E-state index contributed by atoms with van der Waals surface area (Å²) in [4.78, 5) is 0. The van der Waals surface area contributed by atoms with Crippen molar-refractivity contribution < 1.29 is 78.5 Å². The summed E-state index contributed by atoms with van der Waals surface area (Å²) in [5.74, 6) is 0. The molecule has 168 valence electrons. The summed E-state index contributed by atoms with van der Waals surface area (Å²) in [7, 11) is -21.8. The molecule has 1 aliphatic rings. The Bertz CT molecular complexity index is 959. The highest BCUT2D eigenvalue weighted by Gasteiger charge is 2.53. The summed E-state index contributed by atoms with van der Waals surface area (Å²) >= 11 is 0. The second kappa shape index (κ2) is 8.64. The topological polar surface area (TPSA) is 284 Å². The lowest BCUT2D eigenvalue weighted by molar-refractivity contribution is -0.270. The van der Waals surface area contributed by atoms with E-state index in [1.165, 1.54) is 0 Å². The first kappa shape index (κ1) is 25.4. The van der Waals surface area contributed by atoms with Crippen molar-refractivity contribution in [1.82, 2.24) is 0 Å². The van der Waals surface area contributed by atoms with E-state index < -0.39 is 78.9 Å². The lowest BCUT2D eigenvalue weighted by Crippen LogP contribution is -2.62. The number of hydrogen-bond acceptors (Lipinski definition) is 14. The third kappa shape index (κ3) is 9.27. The summed E-state index contributed by atoms with van der Waals surface area (Å²) in [5.41, 5.74) is 0. The van der Waals surface area contributed by atoms with Gasteiger partial charge in [-0.05, 0) is 0 Å². The van der Waals surface area contributed by atoms with E-state index in [4.69, 9.17) is 18.2 Å². The maximum absolute atomic E-state index is 11.0. The largest absolute Gasteiger partial charge is 0.397 e. The first-order valence-electron chi connectivity index (χ1n) is 6.20. The molecule has 1 heterocycles. The predicted molar refractivity (Wildman–Crippen MR) is 77.6 cm³/mol. The van der Waals surface area contributed by atoms with Crippen LogP contribution < -0.4 is 0 Å². The minimum absolute atomic E-state index is 1.42. The molecule has 28 heavy (non-hydrogen) atoms. The third-order valence-electron chi connectivity index (χ3n) is 2.69. The van der Waals surface area contributed by atoms with Crippen molar-refractivity contribution in [2.45, 2.75) is 30.7 Å². The number of ether oxygens (including phenoxy) is 1. The number of aliphatic hydroxyl groups excluding tert-OH is 1. The SMILES string of the molecule is O=S(=O)(O)OCC1OC(O)C(OS(=O)(=O)O)C(OS(=O)(=O)O)C1OS(=O)(=O)O. The fourth-order valence-corrected chi connectivity index (χ4v) is 3.74. The molecule has 0 radical (unpaired) electrons. The van der Waals surface area contributed by atoms with Crippen LogP contribution in [0.15, 0.2) is 0 Å². The van der Waals surface area contributed by atoms with Crippen LogP contribution in [0.25, 0.3) is 0 Å². The molecular weight excluding hydrogens is 488 g/mol. The summed E-state index contributed by atoms with van der Waals surface area (Å²) < 4.78 is 142. The smallest absolute Gasteiger partial charge is 0.366 e. The van der Waals surface area contributed by atoms with Crippen molar-refractivity contribution in [2.75, 3.05) is 6.61 Å². The Balaban J connectivity index is 3.42. The van der Waals surface area contributed by atoms with E-state index in [1.807, 2.05) is 0 Å². The molecule has 5 unspecified atom stereocenters. The van der Waals surface area contributed by atoms with Gasteiger partial charge in [0.25, 0.3) is 0 Å². The van der Waals surface area contributed by atoms with Gasteiger partial charge in [-0.2, -0.15) is 33.7 Å². The van der Waals surface area contributed by atoms with Crippen molar-refractivity contribution in [2.24, 2.45) is 0 Å². The van der Waals surface area contributed by atoms with Crippen molar-refractivity contribution in [3.63, 3.8) is 0 Å². The molecule has 0 aliphatic carbocycles. The molecule has 0 aromatic carbocycles. The normalized spacial score (nSPS) is 30.2. The minimum atomic E-state index is -5.58. The summed E-state index contributed by atoms with van der Waals surface area (Å²) in [6, 6.07) is 0. The van der Waals surface area contributed by atoms with Crippen LogP contribution in [0.1, 0.15) is 0 Å². The molecule has 5 atom stereocenters. The molecule has 18 nitrogen and oxygen atoms in total. The highest BCUT2D eigenvalue weighted by atomic mass is 32.3. The van der Waals surface area contributed by atoms with E-state index in [-0.39, 0.29) is 0 Å². The van der Waals surface area contributed by atoms with E-state index in [0.29, 0.717) is 0 Å². The highest BCUT2D eigenvalue weighted by molar-refractivity contribution is 7.81. The summed E-state index contributed by atoms with van der Waals surface area (Å²) in [6.45, 7) is -1.42. The van der Waals surface area contributed by atoms with Gasteiger partial charge in [0.15, 0.2) is 12.4 Å². The van der Waals surface area contributed by atoms with Gasteiger partial charge in [0.2, 0.25) is 0 Å². The summed E-state index contributed by atoms with van der Waals surface area (Å²) in [5, 5.41) is 9.70. The lowest BCUT2D eigenvalue weighted by atomic mass is 9.99. The van der Waals surface area contributed by atoms with Crippen molar-refractivity contribution in [3.05, 3.63) is 0 Å². The Morgan fingerprint density at radius 1 is 0.643 bits per heavy atom. The molecule has 5 N–H and O–H groups in total. The fourth-order valence-electron chi connectivity index (χ4n) is 1.93. The standard InChI is InChI=1S/C6H12O18S4/c7-6-5(24-28(17,18)19)4(23-27(14,15)16)3(22-26(11,12)13)2(21-6)1-20-25(8,9)10/h2-7H,1H2,(H,8,9,10)(H,11,12,13)(H,14,15,16)(H,17,18,19). The molecule has 0 aromatic rings. The molecule has 0 saturated carbocycles. The third-order valence-corrected chi connectivity index (χ3v) is 4.52. The monoisotopic (exact) mass is 500 g/mol. The van der Waals surface area contributed by atoms with E-state index >= 15 is 0 Å². The quantitative estimate of drug-likeness (QED) is 0.189. The Kier molecular flexibility index (Phi) is 7.85. The second-order valence-electron chi connectivity index (χ2n) is 4.74. The predicted octanol–water partition coefficient (Wildman–Crippen LogP) is -3.91. The van der Waals surface area contributed by atoms with Crippen LogP contribution in [-0.4, -0.2) is 94.3 Å². The van der Waals surface area contributed by atoms with Gasteiger partial charge >= 0.3 is 41.6 Å². The average molecular weight is 500 g/mol. The molecule has 1 saturated heterocycles. The highest BCUT2D eigenvalue weighted by Crippen LogP contribution is 2.30. The number of hydrogen-bond donors (Lipinski definition) is 5. The van der Waals surface area contributed by atoms with Crippen molar-refractivity contribution in [3.8, 4) is 0 Å². The van der Waals surface area contributed by atoms with Crippen LogP contribution in [0.4, 0.5) is 0 Å². The average Bonchev–Trinajstić information content (AvgIpc) is 2.39. The van der Waals surface area contributed by atoms with Crippen LogP contribution in [0, 0.1) is 0 Å². The van der Waals surface area contributed by atoms with Crippen LogP contribution in [0.2, 0.25) is 0 Å². The molecule has 22 heteroatoms. The zero-order valence-electron chi connectivity index (χ0n) is 12.8. The van der Waals surface area contributed by atoms with Crippen LogP contribution in [-0.2, 0) is 63.1 Å². The molecule has 1 aliphatic heterocycles. The van der Waals surface area contributed by atoms with E-state index in [9.17, 15) is 38.8 Å². The number of rotatable bonds is 9. The molecule has 1 rings (SSSR count). The Labute approximate surface area is 157 Å². The first-order chi connectivity index (χ1) is 12.3. The zero-order chi connectivity index (χ0) is 22.1. The van der Waals surface area contributed by atoms with Gasteiger partial charge in [0.1, 0.15) is 18.3 Å². The van der Waals surface area contributed by atoms with Gasteiger partial charge in [-0.25, -0.2) is 16.7 Å². The van der Waals surface area contributed by atoms with Gasteiger partial charge in [-0.1, -0.05) is 0 Å². The van der Waals surface area contributed by atoms with Gasteiger partial charge in [0, 0.05) is 0 Å². The molecule has 0 bridgehead atoms. The molecule has 0 spiro atoms. The first-order valence-corrected chi connectivity index (χ1v) is 11.7. The Hall–Kier alpha value is -0.600. The zero-order valence-corrected chi connectivity index (χ0v) is 16.0. The Morgan fingerprint density at radius 3 is 1.43 bits per heavy atom. The Morgan fingerprint density at radius 2 is 1.04 bits per heavy atom. The molecule has 1 fully saturated rings. The number of aliphatic hydroxyl groups is 1. The molecule has 0 amide bonds. The van der Waals surface area contributed by atoms with Crippen molar-refractivity contribution in [1.29, 1.82) is 0 Å². The minimum Gasteiger partial charge on any atom is -0.366 e. The van der Waals surface area contributed by atoms with Gasteiger partial charge in [0.05, 0.1) is 6.61 Å². The van der Waals surface area contributed by atoms with E-state index in [1.54, 1.807) is 0 Å². The summed E-state index contributed by atoms with van der Waals surface area (Å²) in [6.07, 6.45) is -12.8. The maximum atomic E-state index is 11.0.